The molecule has 11 atom stereocenters. The van der Waals surface area contributed by atoms with Gasteiger partial charge in [-0.05, 0) is 193 Å². The number of ether oxygens (including phenoxy) is 1. The minimum absolute atomic E-state index is 0.0269. The minimum atomic E-state index is -0.0336. The lowest BCUT2D eigenvalue weighted by Crippen LogP contribution is -2.42. The number of thiophene rings is 1. The number of esters is 1. The van der Waals surface area contributed by atoms with Gasteiger partial charge in [0, 0.05) is 45.3 Å². The zero-order valence-electron chi connectivity index (χ0n) is 30.0. The number of rotatable bonds is 5. The molecule has 2 fully saturated rings. The monoisotopic (exact) mass is 702 g/mol. The molecule has 1 aromatic heterocycles. The van der Waals surface area contributed by atoms with Gasteiger partial charge < -0.3 is 4.74 Å². The van der Waals surface area contributed by atoms with Crippen molar-refractivity contribution in [2.45, 2.75) is 111 Å². The van der Waals surface area contributed by atoms with Gasteiger partial charge in [0.05, 0.1) is 7.11 Å². The van der Waals surface area contributed by atoms with Crippen LogP contribution in [0.4, 0.5) is 0 Å². The Labute approximate surface area is 311 Å². The molecule has 2 spiro atoms. The molecule has 2 saturated carbocycles. The summed E-state index contributed by atoms with van der Waals surface area (Å²) in [4.78, 5) is 14.6. The highest BCUT2D eigenvalue weighted by Crippen LogP contribution is 2.94. The lowest BCUT2D eigenvalue weighted by Gasteiger charge is -2.43. The number of hydrogen-bond acceptors (Lipinski definition) is 3. The molecule has 53 heavy (non-hydrogen) atoms. The average molecular weight is 703 g/mol. The van der Waals surface area contributed by atoms with Crippen LogP contribution in [0.2, 0.25) is 0 Å². The van der Waals surface area contributed by atoms with E-state index in [9.17, 15) is 4.79 Å². The molecular weight excluding hydrogens is 665 g/mol. The Morgan fingerprint density at radius 3 is 2.36 bits per heavy atom. The molecule has 0 N–H and O–H groups in total. The van der Waals surface area contributed by atoms with E-state index in [2.05, 4.69) is 41.0 Å². The van der Waals surface area contributed by atoms with Gasteiger partial charge in [0.25, 0.3) is 0 Å². The molecule has 2 nitrogen and oxygen atoms in total. The largest absolute Gasteiger partial charge is 0.469 e. The van der Waals surface area contributed by atoms with Crippen LogP contribution in [-0.4, -0.2) is 13.1 Å². The van der Waals surface area contributed by atoms with Gasteiger partial charge in [-0.2, -0.15) is 0 Å². The van der Waals surface area contributed by atoms with Crippen molar-refractivity contribution in [2.24, 2.45) is 23.7 Å². The van der Waals surface area contributed by atoms with E-state index in [1.54, 1.807) is 50.2 Å². The van der Waals surface area contributed by atoms with Crippen molar-refractivity contribution in [1.82, 2.24) is 0 Å². The molecule has 3 aromatic carbocycles. The molecule has 0 amide bonds. The smallest absolute Gasteiger partial charge is 0.305 e. The fourth-order valence-electron chi connectivity index (χ4n) is 20.0. The summed E-state index contributed by atoms with van der Waals surface area (Å²) in [6.07, 6.45) is 18.8. The van der Waals surface area contributed by atoms with Crippen LogP contribution in [0.15, 0.2) is 29.7 Å². The SMILES string of the molecule is COC(=O)CCCC1(c2cccs2)C23c4c5c6c7c8c4=C4CCC=8C8C=CC9C%10CCC%11C%12=c%13c%14c(c-5c5c-6c(c%10c%11c%135)C9C78)C12C(CCC43)C=%14CC%12. The number of carbonyl (C=O) groups is 1. The van der Waals surface area contributed by atoms with E-state index < -0.39 is 0 Å². The first kappa shape index (κ1) is 26.2. The average Bonchev–Trinajstić information content (AvgIpc) is 3.96. The quantitative estimate of drug-likeness (QED) is 0.140. The minimum Gasteiger partial charge on any atom is -0.469 e. The van der Waals surface area contributed by atoms with Crippen LogP contribution in [0.3, 0.4) is 0 Å². The lowest BCUT2D eigenvalue weighted by molar-refractivity contribution is -0.140. The number of benzene rings is 3. The van der Waals surface area contributed by atoms with Gasteiger partial charge in [-0.3, -0.25) is 4.79 Å². The second-order valence-electron chi connectivity index (χ2n) is 20.1. The van der Waals surface area contributed by atoms with Crippen molar-refractivity contribution in [3.63, 3.8) is 0 Å². The van der Waals surface area contributed by atoms with Gasteiger partial charge in [-0.1, -0.05) is 40.5 Å². The van der Waals surface area contributed by atoms with E-state index in [0.29, 0.717) is 47.8 Å². The maximum atomic E-state index is 12.9. The van der Waals surface area contributed by atoms with Crippen LogP contribution in [0.5, 0.6) is 0 Å². The van der Waals surface area contributed by atoms with Crippen LogP contribution >= 0.6 is 11.3 Å². The predicted molar refractivity (Wildman–Crippen MR) is 207 cm³/mol. The van der Waals surface area contributed by atoms with Crippen LogP contribution < -0.4 is 20.9 Å². The van der Waals surface area contributed by atoms with Crippen molar-refractivity contribution >= 4 is 50.4 Å². The van der Waals surface area contributed by atoms with Gasteiger partial charge in [-0.25, -0.2) is 0 Å². The predicted octanol–water partition coefficient (Wildman–Crippen LogP) is 7.56. The molecule has 14 aliphatic rings. The molecule has 18 rings (SSSR count). The Hall–Kier alpha value is -3.69. The third-order valence-electron chi connectivity index (χ3n) is 20.1. The fourth-order valence-corrected chi connectivity index (χ4v) is 21.1. The van der Waals surface area contributed by atoms with Crippen molar-refractivity contribution in [2.75, 3.05) is 7.11 Å². The van der Waals surface area contributed by atoms with Gasteiger partial charge in [0.2, 0.25) is 0 Å². The molecule has 3 heteroatoms. The van der Waals surface area contributed by atoms with Gasteiger partial charge >= 0.3 is 5.97 Å². The molecule has 0 radical (unpaired) electrons. The third-order valence-corrected chi connectivity index (χ3v) is 21.1. The summed E-state index contributed by atoms with van der Waals surface area (Å²) in [5, 5.41) is 13.2. The maximum absolute atomic E-state index is 12.9. The summed E-state index contributed by atoms with van der Waals surface area (Å²) in [6.45, 7) is 0. The fraction of sp³-hybridized carbons (Fsp3) is 0.460. The van der Waals surface area contributed by atoms with Crippen LogP contribution in [0, 0.1) is 23.7 Å². The second kappa shape index (κ2) is 7.23. The van der Waals surface area contributed by atoms with E-state index in [1.807, 2.05) is 71.3 Å². The molecule has 4 aromatic rings. The Balaban J connectivity index is 1.15. The van der Waals surface area contributed by atoms with E-state index >= 15 is 0 Å². The summed E-state index contributed by atoms with van der Waals surface area (Å²) >= 11 is 2.06. The summed E-state index contributed by atoms with van der Waals surface area (Å²) in [5.74, 6) is 5.26. The van der Waals surface area contributed by atoms with Gasteiger partial charge in [0.15, 0.2) is 0 Å². The first-order valence-corrected chi connectivity index (χ1v) is 22.3. The number of hydrogen-bond donors (Lipinski definition) is 0. The van der Waals surface area contributed by atoms with Crippen molar-refractivity contribution in [3.8, 4) is 22.3 Å². The Morgan fingerprint density at radius 2 is 1.55 bits per heavy atom. The maximum Gasteiger partial charge on any atom is 0.305 e. The van der Waals surface area contributed by atoms with E-state index in [1.165, 1.54) is 51.4 Å². The summed E-state index contributed by atoms with van der Waals surface area (Å²) in [5.41, 5.74) is 26.2. The number of methoxy groups -OCH3 is 1. The topological polar surface area (TPSA) is 26.3 Å². The standard InChI is InChI=1S/C50H38O2S/c1-52-29(51)5-2-16-48(28-4-3-17-53-28)49-26-14-15-27-25-13-11-23-21-9-7-19-18-6-8-20-22-10-12-24(26)36-34(22)39-32(20)30(18)38-31(19)33(21)40-35(23)37(25)47(50(27,48)49)45-43(40)41(38)42(39)44(45)46(36)49/h3-4,6,8,17-21,26-27,30,32H,2,5,7,9-16H2,1H3. The normalized spacial score (nSPS) is 41.8. The second-order valence-corrected chi connectivity index (χ2v) is 21.1. The highest BCUT2D eigenvalue weighted by Gasteiger charge is 2.96. The summed E-state index contributed by atoms with van der Waals surface area (Å²) < 4.78 is 5.34. The van der Waals surface area contributed by atoms with Crippen molar-refractivity contribution in [1.29, 1.82) is 0 Å². The highest BCUT2D eigenvalue weighted by atomic mass is 32.1. The Kier molecular flexibility index (Phi) is 3.57. The first-order chi connectivity index (χ1) is 26.2. The van der Waals surface area contributed by atoms with Crippen molar-refractivity contribution < 1.29 is 9.53 Å². The molecule has 0 bridgehead atoms. The lowest BCUT2D eigenvalue weighted by atomic mass is 9.59. The van der Waals surface area contributed by atoms with E-state index in [0.717, 1.165) is 18.8 Å². The molecular formula is C50H38O2S. The first-order valence-electron chi connectivity index (χ1n) is 21.4. The molecule has 0 saturated heterocycles. The highest BCUT2D eigenvalue weighted by molar-refractivity contribution is 7.10. The van der Waals surface area contributed by atoms with E-state index in [-0.39, 0.29) is 22.2 Å². The zero-order chi connectivity index (χ0) is 33.5. The molecule has 14 aliphatic carbocycles. The molecule has 11 unspecified atom stereocenters. The summed E-state index contributed by atoms with van der Waals surface area (Å²) in [6, 6.07) is 4.93. The zero-order valence-corrected chi connectivity index (χ0v) is 30.8. The van der Waals surface area contributed by atoms with E-state index in [4.69, 9.17) is 4.74 Å². The number of carbonyl (C=O) groups excluding carboxylic acids is 1. The molecule has 1 heterocycles. The van der Waals surface area contributed by atoms with Gasteiger partial charge in [-0.15, -0.1) is 11.3 Å². The molecule has 256 valence electrons. The Bertz CT molecular complexity index is 3120. The van der Waals surface area contributed by atoms with Crippen molar-refractivity contribution in [3.05, 3.63) is 88.8 Å². The Morgan fingerprint density at radius 1 is 0.755 bits per heavy atom. The van der Waals surface area contributed by atoms with Gasteiger partial charge in [0.1, 0.15) is 0 Å². The number of allylic oxidation sites excluding steroid dienone is 2. The van der Waals surface area contributed by atoms with Crippen LogP contribution in [0.1, 0.15) is 133 Å². The van der Waals surface area contributed by atoms with Crippen LogP contribution in [0.25, 0.3) is 55.3 Å². The van der Waals surface area contributed by atoms with Crippen LogP contribution in [-0.2, 0) is 25.8 Å². The summed E-state index contributed by atoms with van der Waals surface area (Å²) in [7, 11) is 1.58. The molecule has 0 aliphatic heterocycles. The number of fused-ring (bicyclic) bond motifs is 5. The third kappa shape index (κ3) is 1.92.